The second-order valence-electron chi connectivity index (χ2n) is 30.6. The highest BCUT2D eigenvalue weighted by Crippen LogP contribution is 2.23. The van der Waals surface area contributed by atoms with Crippen molar-refractivity contribution >= 4 is 72.3 Å². The number of hydrogen-bond acceptors (Lipinski definition) is 23. The van der Waals surface area contributed by atoms with Gasteiger partial charge in [0.1, 0.15) is 69.9 Å². The van der Waals surface area contributed by atoms with Crippen molar-refractivity contribution < 1.29 is 105 Å². The van der Waals surface area contributed by atoms with Crippen LogP contribution >= 0.6 is 0 Å². The van der Waals surface area contributed by atoms with Crippen LogP contribution in [0, 0.1) is 0 Å². The van der Waals surface area contributed by atoms with E-state index in [1.807, 2.05) is 0 Å². The van der Waals surface area contributed by atoms with Crippen molar-refractivity contribution in [3.05, 3.63) is 105 Å². The van der Waals surface area contributed by atoms with Crippen molar-refractivity contribution in [2.75, 3.05) is 28.4 Å². The van der Waals surface area contributed by atoms with Crippen molar-refractivity contribution in [3.8, 4) is 0 Å². The van der Waals surface area contributed by atoms with Gasteiger partial charge in [-0.2, -0.15) is 0 Å². The number of methoxy groups -OCH3 is 4. The second-order valence-corrected chi connectivity index (χ2v) is 30.6. The standard InChI is InChI=1S/C73H109N9O22/c1-68(2,3)99-62(89)77-50(56(83)75-39-48-28-43(34-52(58(85)95-19)79-64(91)101-70(7,8)9)24-44(29-48)35-53(59(86)96-20)80-65(92)102-71(10,11)12)32-41-23-42(27-47(26-41)38-74)33-51(78-63(90)100-69(4,5)6)57(84)76-40-49-30-45(36-54(60(87)97-21)81-66(93)103-72(13,14)15)25-46(31-49)37-55(61(88)98-22)82-67(94)104-73(16,17)18/h23-31,50-55H,32-40,74H2,1-22H3,(H,75,83)(H,76,84)(H,77,89)(H,78,90)(H,79,91)(H,80,92)(H,81,93)(H,82,94)/t50-,51-,52-,53-,54-,55-/m0/s1. The topological polar surface area (TPSA) is 419 Å². The lowest BCUT2D eigenvalue weighted by atomic mass is 9.95. The molecule has 3 rings (SSSR count). The maximum absolute atomic E-state index is 14.8. The molecule has 104 heavy (non-hydrogen) atoms. The quantitative estimate of drug-likeness (QED) is 0.0247. The van der Waals surface area contributed by atoms with Crippen LogP contribution in [0.4, 0.5) is 28.8 Å². The fourth-order valence-corrected chi connectivity index (χ4v) is 10.0. The van der Waals surface area contributed by atoms with Crippen molar-refractivity contribution in [1.82, 2.24) is 42.5 Å². The Bertz CT molecular complexity index is 3160. The molecule has 0 saturated carbocycles. The minimum atomic E-state index is -1.40. The molecule has 0 bridgehead atoms. The molecule has 10 N–H and O–H groups in total. The van der Waals surface area contributed by atoms with E-state index in [2.05, 4.69) is 42.5 Å². The van der Waals surface area contributed by atoms with E-state index in [-0.39, 0.29) is 58.2 Å². The Balaban J connectivity index is 2.21. The largest absolute Gasteiger partial charge is 0.467 e. The maximum atomic E-state index is 14.8. The average molecular weight is 1460 g/mol. The summed E-state index contributed by atoms with van der Waals surface area (Å²) in [7, 11) is 4.55. The van der Waals surface area contributed by atoms with E-state index in [0.29, 0.717) is 50.1 Å². The Labute approximate surface area is 608 Å². The number of carbonyl (C=O) groups is 12. The molecule has 3 aromatic carbocycles. The lowest BCUT2D eigenvalue weighted by Crippen LogP contribution is -2.49. The van der Waals surface area contributed by atoms with Gasteiger partial charge in [0.2, 0.25) is 11.8 Å². The molecule has 8 amide bonds. The van der Waals surface area contributed by atoms with Crippen molar-refractivity contribution in [3.63, 3.8) is 0 Å². The molecule has 0 aliphatic heterocycles. The summed E-state index contributed by atoms with van der Waals surface area (Å²) in [6.45, 7) is 28.9. The number of nitrogens with one attached hydrogen (secondary N) is 8. The van der Waals surface area contributed by atoms with Crippen LogP contribution < -0.4 is 48.3 Å². The van der Waals surface area contributed by atoms with E-state index < -0.39 is 142 Å². The Morgan fingerprint density at radius 1 is 0.279 bits per heavy atom. The highest BCUT2D eigenvalue weighted by molar-refractivity contribution is 5.88. The summed E-state index contributed by atoms with van der Waals surface area (Å²) < 4.78 is 53.1. The third-order valence-corrected chi connectivity index (χ3v) is 13.9. The predicted molar refractivity (Wildman–Crippen MR) is 380 cm³/mol. The first kappa shape index (κ1) is 88.3. The van der Waals surface area contributed by atoms with Gasteiger partial charge in [-0.05, 0) is 175 Å². The highest BCUT2D eigenvalue weighted by Gasteiger charge is 2.34. The first-order chi connectivity index (χ1) is 47.9. The summed E-state index contributed by atoms with van der Waals surface area (Å²) >= 11 is 0. The number of nitrogens with two attached hydrogens (primary N) is 1. The second kappa shape index (κ2) is 38.5. The van der Waals surface area contributed by atoms with Crippen molar-refractivity contribution in [1.29, 1.82) is 0 Å². The van der Waals surface area contributed by atoms with Crippen LogP contribution in [0.5, 0.6) is 0 Å². The number of hydrogen-bond donors (Lipinski definition) is 9. The first-order valence-corrected chi connectivity index (χ1v) is 33.8. The molecular weight excluding hydrogens is 1350 g/mol. The van der Waals surface area contributed by atoms with E-state index in [0.717, 1.165) is 28.4 Å². The van der Waals surface area contributed by atoms with Gasteiger partial charge in [-0.3, -0.25) is 9.59 Å². The summed E-state index contributed by atoms with van der Waals surface area (Å²) in [6, 6.07) is 6.70. The molecule has 0 fully saturated rings. The van der Waals surface area contributed by atoms with E-state index in [4.69, 9.17) is 53.1 Å². The molecule has 0 radical (unpaired) electrons. The average Bonchev–Trinajstić information content (AvgIpc) is 0.841. The van der Waals surface area contributed by atoms with Crippen molar-refractivity contribution in [2.24, 2.45) is 5.73 Å². The van der Waals surface area contributed by atoms with Crippen LogP contribution in [0.2, 0.25) is 0 Å². The van der Waals surface area contributed by atoms with Crippen LogP contribution in [0.15, 0.2) is 54.6 Å². The van der Waals surface area contributed by atoms with Crippen LogP contribution in [0.1, 0.15) is 175 Å². The molecule has 0 saturated heterocycles. The van der Waals surface area contributed by atoms with Crippen LogP contribution in [-0.4, -0.2) is 171 Å². The van der Waals surface area contributed by atoms with Crippen molar-refractivity contribution in [2.45, 2.75) is 253 Å². The normalized spacial score (nSPS) is 13.5. The molecule has 0 aromatic heterocycles. The molecule has 578 valence electrons. The number of ether oxygens (including phenoxy) is 10. The number of alkyl carbamates (subject to hydrolysis) is 6. The smallest absolute Gasteiger partial charge is 0.408 e. The Kier molecular flexibility index (Phi) is 32.7. The lowest BCUT2D eigenvalue weighted by Gasteiger charge is -2.25. The minimum absolute atomic E-state index is 0.0621. The SMILES string of the molecule is COC(=O)[C@H](Cc1cc(CNC(=O)[C@H](Cc2cc(CN)cc(C[C@H](NC(=O)OC(C)(C)C)C(=O)NCc3cc(C[C@H](NC(=O)OC(C)(C)C)C(=O)OC)cc(C[C@H](NC(=O)OC(C)(C)C)C(=O)OC)c3)c2)NC(=O)OC(C)(C)C)cc(C[C@H](NC(=O)OC(C)(C)C)C(=O)OC)c1)NC(=O)OC(C)(C)C. The molecule has 0 unspecified atom stereocenters. The zero-order chi connectivity index (χ0) is 79.0. The molecule has 0 aliphatic carbocycles. The monoisotopic (exact) mass is 1460 g/mol. The van der Waals surface area contributed by atoms with Gasteiger partial charge >= 0.3 is 60.4 Å². The number of amides is 8. The Morgan fingerprint density at radius 2 is 0.442 bits per heavy atom. The Hall–Kier alpha value is -9.94. The third kappa shape index (κ3) is 34.8. The fraction of sp³-hybridized carbons (Fsp3) is 0.589. The molecule has 31 nitrogen and oxygen atoms in total. The number of carbonyl (C=O) groups excluding carboxylic acids is 12. The third-order valence-electron chi connectivity index (χ3n) is 13.9. The number of benzene rings is 3. The van der Waals surface area contributed by atoms with Gasteiger partial charge in [0, 0.05) is 58.2 Å². The number of rotatable bonds is 29. The summed E-state index contributed by atoms with van der Waals surface area (Å²) in [4.78, 5) is 162. The van der Waals surface area contributed by atoms with Gasteiger partial charge in [0.15, 0.2) is 0 Å². The van der Waals surface area contributed by atoms with E-state index >= 15 is 0 Å². The summed E-state index contributed by atoms with van der Waals surface area (Å²) in [6.07, 6.45) is -6.88. The first-order valence-electron chi connectivity index (χ1n) is 33.8. The van der Waals surface area contributed by atoms with Gasteiger partial charge < -0.3 is 95.6 Å². The predicted octanol–water partition coefficient (Wildman–Crippen LogP) is 7.08. The van der Waals surface area contributed by atoms with E-state index in [9.17, 15) is 57.5 Å². The molecular formula is C73H109N9O22. The summed E-state index contributed by atoms with van der Waals surface area (Å²) in [5.74, 6) is -4.80. The zero-order valence-corrected chi connectivity index (χ0v) is 64.1. The fourth-order valence-electron chi connectivity index (χ4n) is 10.0. The van der Waals surface area contributed by atoms with Crippen LogP contribution in [-0.2, 0) is 134 Å². The Morgan fingerprint density at radius 3 is 0.615 bits per heavy atom. The van der Waals surface area contributed by atoms with Gasteiger partial charge in [0.05, 0.1) is 28.4 Å². The molecule has 0 aliphatic rings. The highest BCUT2D eigenvalue weighted by atomic mass is 16.6. The molecule has 0 heterocycles. The lowest BCUT2D eigenvalue weighted by molar-refractivity contribution is -0.143. The van der Waals surface area contributed by atoms with Gasteiger partial charge in [-0.1, -0.05) is 54.6 Å². The maximum Gasteiger partial charge on any atom is 0.408 e. The summed E-state index contributed by atoms with van der Waals surface area (Å²) in [5, 5.41) is 21.2. The van der Waals surface area contributed by atoms with Gasteiger partial charge in [-0.15, -0.1) is 0 Å². The molecule has 3 aromatic rings. The number of esters is 4. The van der Waals surface area contributed by atoms with Crippen LogP contribution in [0.3, 0.4) is 0 Å². The van der Waals surface area contributed by atoms with Gasteiger partial charge in [0.25, 0.3) is 0 Å². The zero-order valence-electron chi connectivity index (χ0n) is 64.1. The van der Waals surface area contributed by atoms with Crippen LogP contribution in [0.25, 0.3) is 0 Å². The molecule has 6 atom stereocenters. The summed E-state index contributed by atoms with van der Waals surface area (Å²) in [5.41, 5.74) is 4.14. The molecule has 31 heteroatoms. The van der Waals surface area contributed by atoms with Gasteiger partial charge in [-0.25, -0.2) is 47.9 Å². The van der Waals surface area contributed by atoms with E-state index in [1.54, 1.807) is 179 Å². The molecule has 0 spiro atoms. The minimum Gasteiger partial charge on any atom is -0.467 e. The van der Waals surface area contributed by atoms with E-state index in [1.165, 1.54) is 0 Å².